The molecule has 26 heavy (non-hydrogen) atoms. The summed E-state index contributed by atoms with van der Waals surface area (Å²) in [6.45, 7) is 1.73. The predicted octanol–water partition coefficient (Wildman–Crippen LogP) is 5.01. The van der Waals surface area contributed by atoms with E-state index in [-0.39, 0.29) is 19.3 Å². The number of carbonyl (C=O) groups excluding carboxylic acids is 1. The summed E-state index contributed by atoms with van der Waals surface area (Å²) in [6.07, 6.45) is 0. The number of rotatable bonds is 3. The number of ether oxygens (including phenoxy) is 1. The largest absolute Gasteiger partial charge is 0.478 e. The summed E-state index contributed by atoms with van der Waals surface area (Å²) in [5.41, 5.74) is -1.02. The van der Waals surface area contributed by atoms with Crippen molar-refractivity contribution in [3.63, 3.8) is 0 Å². The molecule has 0 aromatic heterocycles. The third kappa shape index (κ3) is 5.53. The number of esters is 1. The second-order valence-corrected chi connectivity index (χ2v) is 6.80. The van der Waals surface area contributed by atoms with E-state index in [9.17, 15) is 27.2 Å². The molecule has 1 N–H and O–H groups in total. The number of halogens is 6. The topological polar surface area (TPSA) is 63.6 Å². The minimum atomic E-state index is -1.47. The minimum Gasteiger partial charge on any atom is -0.478 e. The Bertz CT molecular complexity index is 843. The zero-order valence-electron chi connectivity index (χ0n) is 13.0. The average Bonchev–Trinajstić information content (AvgIpc) is 2.58. The van der Waals surface area contributed by atoms with Crippen molar-refractivity contribution in [3.05, 3.63) is 65.8 Å². The molecule has 4 nitrogen and oxygen atoms in total. The fraction of sp³-hybridized carbons (Fsp3) is 0.125. The van der Waals surface area contributed by atoms with Gasteiger partial charge in [0.05, 0.1) is 24.9 Å². The number of hydrogen-bond donors (Lipinski definition) is 1. The van der Waals surface area contributed by atoms with Crippen LogP contribution >= 0.6 is 45.2 Å². The van der Waals surface area contributed by atoms with Crippen molar-refractivity contribution in [2.75, 3.05) is 6.61 Å². The lowest BCUT2D eigenvalue weighted by molar-refractivity contribution is 0.0519. The standard InChI is InChI=1S/C9H7F2IO2.C7H3F2IO2/c1-2-14-9(13)5-3-4-6(12)8(11)7(5)10;8-5-3(7(11)12)1-2-4(10)6(5)9/h3-4H,2H2,1H3;1-2H,(H,11,12). The third-order valence-electron chi connectivity index (χ3n) is 2.80. The average molecular weight is 596 g/mol. The molecular formula is C16H10F4I2O4. The maximum absolute atomic E-state index is 13.2. The fourth-order valence-electron chi connectivity index (χ4n) is 1.58. The molecule has 2 aromatic rings. The lowest BCUT2D eigenvalue weighted by atomic mass is 10.2. The molecule has 0 atom stereocenters. The van der Waals surface area contributed by atoms with Crippen LogP contribution in [0.25, 0.3) is 0 Å². The maximum Gasteiger partial charge on any atom is 0.341 e. The number of carboxylic acid groups (broad SMARTS) is 1. The minimum absolute atomic E-state index is 0.0649. The first-order valence-electron chi connectivity index (χ1n) is 6.79. The van der Waals surface area contributed by atoms with E-state index in [0.29, 0.717) is 0 Å². The van der Waals surface area contributed by atoms with Crippen molar-refractivity contribution in [3.8, 4) is 0 Å². The molecular weight excluding hydrogens is 586 g/mol. The van der Waals surface area contributed by atoms with Gasteiger partial charge in [-0.3, -0.25) is 0 Å². The van der Waals surface area contributed by atoms with Gasteiger partial charge in [-0.15, -0.1) is 0 Å². The van der Waals surface area contributed by atoms with Crippen molar-refractivity contribution in [1.82, 2.24) is 0 Å². The van der Waals surface area contributed by atoms with E-state index in [4.69, 9.17) is 5.11 Å². The lowest BCUT2D eigenvalue weighted by Gasteiger charge is -2.04. The first-order valence-corrected chi connectivity index (χ1v) is 8.94. The van der Waals surface area contributed by atoms with E-state index in [1.165, 1.54) is 18.2 Å². The van der Waals surface area contributed by atoms with Gasteiger partial charge in [0.2, 0.25) is 0 Å². The van der Waals surface area contributed by atoms with Crippen LogP contribution in [0.5, 0.6) is 0 Å². The number of carboxylic acids is 1. The van der Waals surface area contributed by atoms with Gasteiger partial charge in [0.15, 0.2) is 23.3 Å². The molecule has 0 amide bonds. The molecule has 0 aliphatic carbocycles. The fourth-order valence-corrected chi connectivity index (χ4v) is 2.42. The van der Waals surface area contributed by atoms with Crippen LogP contribution < -0.4 is 0 Å². The molecule has 0 bridgehead atoms. The van der Waals surface area contributed by atoms with Crippen LogP contribution in [0.15, 0.2) is 24.3 Å². The highest BCUT2D eigenvalue weighted by Crippen LogP contribution is 2.19. The van der Waals surface area contributed by atoms with Crippen LogP contribution in [-0.4, -0.2) is 23.7 Å². The van der Waals surface area contributed by atoms with Gasteiger partial charge in [0, 0.05) is 0 Å². The van der Waals surface area contributed by atoms with Crippen molar-refractivity contribution in [2.45, 2.75) is 6.92 Å². The van der Waals surface area contributed by atoms with Crippen molar-refractivity contribution < 1.29 is 37.0 Å². The molecule has 2 rings (SSSR count). The summed E-state index contributed by atoms with van der Waals surface area (Å²) in [5.74, 6) is -6.92. The monoisotopic (exact) mass is 596 g/mol. The van der Waals surface area contributed by atoms with Gasteiger partial charge in [0.25, 0.3) is 0 Å². The van der Waals surface area contributed by atoms with Crippen LogP contribution in [0.2, 0.25) is 0 Å². The first-order chi connectivity index (χ1) is 12.1. The van der Waals surface area contributed by atoms with E-state index in [2.05, 4.69) is 4.74 Å². The Labute approximate surface area is 172 Å². The zero-order valence-corrected chi connectivity index (χ0v) is 17.3. The Balaban J connectivity index is 0.000000263. The van der Waals surface area contributed by atoms with Gasteiger partial charge in [-0.1, -0.05) is 0 Å². The van der Waals surface area contributed by atoms with Gasteiger partial charge in [0.1, 0.15) is 0 Å². The molecule has 0 spiro atoms. The summed E-state index contributed by atoms with van der Waals surface area (Å²) in [6, 6.07) is 4.77. The molecule has 10 heteroatoms. The second-order valence-electron chi connectivity index (χ2n) is 4.47. The summed E-state index contributed by atoms with van der Waals surface area (Å²) in [5, 5.41) is 8.37. The van der Waals surface area contributed by atoms with E-state index < -0.39 is 40.8 Å². The molecule has 0 aliphatic heterocycles. The number of carbonyl (C=O) groups is 2. The van der Waals surface area contributed by atoms with Gasteiger partial charge in [-0.2, -0.15) is 0 Å². The predicted molar refractivity (Wildman–Crippen MR) is 101 cm³/mol. The quantitative estimate of drug-likeness (QED) is 0.234. The third-order valence-corrected chi connectivity index (χ3v) is 4.46. The highest BCUT2D eigenvalue weighted by atomic mass is 127. The lowest BCUT2D eigenvalue weighted by Crippen LogP contribution is -2.09. The molecule has 0 aliphatic rings. The molecule has 0 saturated heterocycles. The second kappa shape index (κ2) is 10.0. The molecule has 2 aromatic carbocycles. The van der Waals surface area contributed by atoms with Crippen molar-refractivity contribution >= 4 is 57.1 Å². The maximum atomic E-state index is 13.2. The van der Waals surface area contributed by atoms with Crippen LogP contribution in [0.4, 0.5) is 17.6 Å². The number of hydrogen-bond acceptors (Lipinski definition) is 3. The summed E-state index contributed by atoms with van der Waals surface area (Å²) < 4.78 is 56.4. The molecule has 140 valence electrons. The molecule has 0 heterocycles. The molecule has 0 radical (unpaired) electrons. The Morgan fingerprint density at radius 1 is 0.885 bits per heavy atom. The first kappa shape index (κ1) is 22.6. The van der Waals surface area contributed by atoms with E-state index in [0.717, 1.165) is 6.07 Å². The van der Waals surface area contributed by atoms with Crippen LogP contribution in [0.1, 0.15) is 27.6 Å². The Morgan fingerprint density at radius 2 is 1.31 bits per heavy atom. The van der Waals surface area contributed by atoms with Gasteiger partial charge >= 0.3 is 11.9 Å². The highest BCUT2D eigenvalue weighted by molar-refractivity contribution is 14.1. The number of benzene rings is 2. The van der Waals surface area contributed by atoms with Crippen LogP contribution in [0.3, 0.4) is 0 Å². The molecule has 0 saturated carbocycles. The van der Waals surface area contributed by atoms with Crippen molar-refractivity contribution in [1.29, 1.82) is 0 Å². The van der Waals surface area contributed by atoms with E-state index in [1.54, 1.807) is 52.1 Å². The van der Waals surface area contributed by atoms with E-state index in [1.807, 2.05) is 0 Å². The van der Waals surface area contributed by atoms with Crippen LogP contribution in [-0.2, 0) is 4.74 Å². The zero-order chi connectivity index (χ0) is 20.0. The summed E-state index contributed by atoms with van der Waals surface area (Å²) >= 11 is 3.23. The smallest absolute Gasteiger partial charge is 0.341 e. The van der Waals surface area contributed by atoms with E-state index >= 15 is 0 Å². The van der Waals surface area contributed by atoms with Gasteiger partial charge in [-0.05, 0) is 76.4 Å². The van der Waals surface area contributed by atoms with Crippen LogP contribution in [0, 0.1) is 30.4 Å². The Morgan fingerprint density at radius 3 is 1.73 bits per heavy atom. The Kier molecular flexibility index (Phi) is 8.73. The highest BCUT2D eigenvalue weighted by Gasteiger charge is 2.18. The number of aromatic carboxylic acids is 1. The summed E-state index contributed by atoms with van der Waals surface area (Å²) in [7, 11) is 0. The molecule has 0 unspecified atom stereocenters. The van der Waals surface area contributed by atoms with Gasteiger partial charge < -0.3 is 9.84 Å². The van der Waals surface area contributed by atoms with Gasteiger partial charge in [-0.25, -0.2) is 27.2 Å². The van der Waals surface area contributed by atoms with Crippen molar-refractivity contribution in [2.24, 2.45) is 0 Å². The normalized spacial score (nSPS) is 9.96. The summed E-state index contributed by atoms with van der Waals surface area (Å²) in [4.78, 5) is 21.4. The molecule has 0 fully saturated rings. The Hall–Kier alpha value is -1.44. The SMILES string of the molecule is CCOC(=O)c1ccc(I)c(F)c1F.O=C(O)c1ccc(I)c(F)c1F.